The van der Waals surface area contributed by atoms with E-state index in [1.54, 1.807) is 17.2 Å². The zero-order valence-electron chi connectivity index (χ0n) is 12.8. The largest absolute Gasteiger partial charge is 0.337 e. The Labute approximate surface area is 130 Å². The first-order valence-electron chi connectivity index (χ1n) is 7.30. The van der Waals surface area contributed by atoms with Gasteiger partial charge in [0.2, 0.25) is 0 Å². The molecule has 3 heteroatoms. The van der Waals surface area contributed by atoms with Gasteiger partial charge in [-0.3, -0.25) is 9.78 Å². The highest BCUT2D eigenvalue weighted by Crippen LogP contribution is 2.19. The van der Waals surface area contributed by atoms with Gasteiger partial charge in [-0.15, -0.1) is 0 Å². The predicted octanol–water partition coefficient (Wildman–Crippen LogP) is 3.82. The molecule has 22 heavy (non-hydrogen) atoms. The fourth-order valence-electron chi connectivity index (χ4n) is 2.60. The van der Waals surface area contributed by atoms with Gasteiger partial charge in [-0.25, -0.2) is 0 Å². The Balaban J connectivity index is 1.91. The molecule has 0 aliphatic carbocycles. The first-order chi connectivity index (χ1) is 10.7. The molecule has 0 fully saturated rings. The van der Waals surface area contributed by atoms with E-state index in [2.05, 4.69) is 24.0 Å². The van der Waals surface area contributed by atoms with Gasteiger partial charge in [0.15, 0.2) is 0 Å². The summed E-state index contributed by atoms with van der Waals surface area (Å²) < 4.78 is 0. The Morgan fingerprint density at radius 2 is 1.77 bits per heavy atom. The van der Waals surface area contributed by atoms with E-state index in [9.17, 15) is 4.79 Å². The molecule has 1 aromatic heterocycles. The van der Waals surface area contributed by atoms with Crippen LogP contribution in [-0.2, 0) is 6.54 Å². The zero-order valence-corrected chi connectivity index (χ0v) is 12.8. The van der Waals surface area contributed by atoms with Crippen LogP contribution in [0.1, 0.15) is 21.5 Å². The Morgan fingerprint density at radius 3 is 2.59 bits per heavy atom. The van der Waals surface area contributed by atoms with Crippen molar-refractivity contribution in [3.05, 3.63) is 77.5 Å². The number of aromatic nitrogens is 1. The minimum atomic E-state index is 0.0156. The number of pyridine rings is 1. The Hall–Kier alpha value is -2.68. The average molecular weight is 290 g/mol. The molecule has 0 saturated carbocycles. The van der Waals surface area contributed by atoms with Crippen molar-refractivity contribution < 1.29 is 4.79 Å². The molecular weight excluding hydrogens is 272 g/mol. The summed E-state index contributed by atoms with van der Waals surface area (Å²) >= 11 is 0. The molecule has 0 N–H and O–H groups in total. The molecule has 110 valence electrons. The molecule has 0 unspecified atom stereocenters. The fraction of sp³-hybridized carbons (Fsp3) is 0.158. The summed E-state index contributed by atoms with van der Waals surface area (Å²) in [6.07, 6.45) is 1.69. The van der Waals surface area contributed by atoms with Gasteiger partial charge >= 0.3 is 0 Å². The standard InChI is InChI=1S/C19H18N2O/c1-14-7-3-4-8-15(14)13-21(2)19(22)17-11-12-20-18-10-6-5-9-16(17)18/h3-12H,13H2,1-2H3. The lowest BCUT2D eigenvalue weighted by Gasteiger charge is -2.19. The normalized spacial score (nSPS) is 10.6. The van der Waals surface area contributed by atoms with Crippen LogP contribution >= 0.6 is 0 Å². The van der Waals surface area contributed by atoms with Gasteiger partial charge in [-0.05, 0) is 30.2 Å². The molecule has 0 saturated heterocycles. The van der Waals surface area contributed by atoms with E-state index in [0.29, 0.717) is 12.1 Å². The zero-order chi connectivity index (χ0) is 15.5. The summed E-state index contributed by atoms with van der Waals surface area (Å²) in [5, 5.41) is 0.895. The number of aryl methyl sites for hydroxylation is 1. The fourth-order valence-corrected chi connectivity index (χ4v) is 2.60. The second-order valence-electron chi connectivity index (χ2n) is 5.46. The molecular formula is C19H18N2O. The molecule has 3 aromatic rings. The number of carbonyl (C=O) groups is 1. The summed E-state index contributed by atoms with van der Waals surface area (Å²) in [6.45, 7) is 2.66. The van der Waals surface area contributed by atoms with Crippen molar-refractivity contribution in [3.8, 4) is 0 Å². The minimum absolute atomic E-state index is 0.0156. The highest BCUT2D eigenvalue weighted by atomic mass is 16.2. The van der Waals surface area contributed by atoms with Crippen LogP contribution in [0.3, 0.4) is 0 Å². The number of fused-ring (bicyclic) bond motifs is 1. The topological polar surface area (TPSA) is 33.2 Å². The van der Waals surface area contributed by atoms with Crippen LogP contribution in [0, 0.1) is 6.92 Å². The maximum atomic E-state index is 12.8. The van der Waals surface area contributed by atoms with Crippen LogP contribution in [-0.4, -0.2) is 22.8 Å². The van der Waals surface area contributed by atoms with E-state index in [-0.39, 0.29) is 5.91 Å². The number of benzene rings is 2. The highest BCUT2D eigenvalue weighted by molar-refractivity contribution is 6.05. The van der Waals surface area contributed by atoms with Crippen LogP contribution in [0.4, 0.5) is 0 Å². The number of rotatable bonds is 3. The van der Waals surface area contributed by atoms with Crippen molar-refractivity contribution in [2.75, 3.05) is 7.05 Å². The second-order valence-corrected chi connectivity index (χ2v) is 5.46. The van der Waals surface area contributed by atoms with E-state index in [1.807, 2.05) is 43.4 Å². The monoisotopic (exact) mass is 290 g/mol. The Bertz CT molecular complexity index is 821. The number of carbonyl (C=O) groups excluding carboxylic acids is 1. The molecule has 0 spiro atoms. The number of nitrogens with zero attached hydrogens (tertiary/aromatic N) is 2. The van der Waals surface area contributed by atoms with E-state index in [0.717, 1.165) is 16.5 Å². The van der Waals surface area contributed by atoms with E-state index >= 15 is 0 Å². The lowest BCUT2D eigenvalue weighted by Crippen LogP contribution is -2.26. The Kier molecular flexibility index (Phi) is 3.88. The van der Waals surface area contributed by atoms with Crippen LogP contribution in [0.25, 0.3) is 10.9 Å². The summed E-state index contributed by atoms with van der Waals surface area (Å²) in [7, 11) is 1.84. The van der Waals surface area contributed by atoms with Gasteiger partial charge in [0, 0.05) is 25.2 Å². The molecule has 0 radical (unpaired) electrons. The van der Waals surface area contributed by atoms with Gasteiger partial charge < -0.3 is 4.90 Å². The number of amides is 1. The van der Waals surface area contributed by atoms with Crippen LogP contribution in [0.5, 0.6) is 0 Å². The van der Waals surface area contributed by atoms with Gasteiger partial charge in [-0.1, -0.05) is 42.5 Å². The maximum Gasteiger partial charge on any atom is 0.254 e. The summed E-state index contributed by atoms with van der Waals surface area (Å²) in [5.74, 6) is 0.0156. The molecule has 3 rings (SSSR count). The molecule has 1 heterocycles. The summed E-state index contributed by atoms with van der Waals surface area (Å²) in [5.41, 5.74) is 3.90. The molecule has 1 amide bonds. The van der Waals surface area contributed by atoms with Crippen molar-refractivity contribution in [1.29, 1.82) is 0 Å². The van der Waals surface area contributed by atoms with Gasteiger partial charge in [0.05, 0.1) is 11.1 Å². The third kappa shape index (κ3) is 2.70. The molecule has 2 aromatic carbocycles. The molecule has 0 bridgehead atoms. The molecule has 3 nitrogen and oxygen atoms in total. The third-order valence-corrected chi connectivity index (χ3v) is 3.89. The predicted molar refractivity (Wildman–Crippen MR) is 88.7 cm³/mol. The van der Waals surface area contributed by atoms with Gasteiger partial charge in [-0.2, -0.15) is 0 Å². The van der Waals surface area contributed by atoms with Crippen LogP contribution < -0.4 is 0 Å². The van der Waals surface area contributed by atoms with Crippen LogP contribution in [0.2, 0.25) is 0 Å². The van der Waals surface area contributed by atoms with Crippen molar-refractivity contribution in [2.24, 2.45) is 0 Å². The average Bonchev–Trinajstić information content (AvgIpc) is 2.55. The SMILES string of the molecule is Cc1ccccc1CN(C)C(=O)c1ccnc2ccccc12. The van der Waals surface area contributed by atoms with Crippen molar-refractivity contribution in [1.82, 2.24) is 9.88 Å². The minimum Gasteiger partial charge on any atom is -0.337 e. The quantitative estimate of drug-likeness (QED) is 0.735. The van der Waals surface area contributed by atoms with E-state index in [4.69, 9.17) is 0 Å². The maximum absolute atomic E-state index is 12.8. The summed E-state index contributed by atoms with van der Waals surface area (Å²) in [6, 6.07) is 17.7. The lowest BCUT2D eigenvalue weighted by atomic mass is 10.1. The van der Waals surface area contributed by atoms with Crippen LogP contribution in [0.15, 0.2) is 60.8 Å². The number of hydrogen-bond donors (Lipinski definition) is 0. The highest BCUT2D eigenvalue weighted by Gasteiger charge is 2.15. The molecule has 0 atom stereocenters. The molecule has 0 aliphatic rings. The Morgan fingerprint density at radius 1 is 1.05 bits per heavy atom. The van der Waals surface area contributed by atoms with Crippen molar-refractivity contribution in [3.63, 3.8) is 0 Å². The van der Waals surface area contributed by atoms with E-state index in [1.165, 1.54) is 5.56 Å². The van der Waals surface area contributed by atoms with Gasteiger partial charge in [0.25, 0.3) is 5.91 Å². The lowest BCUT2D eigenvalue weighted by molar-refractivity contribution is 0.0787. The van der Waals surface area contributed by atoms with Gasteiger partial charge in [0.1, 0.15) is 0 Å². The van der Waals surface area contributed by atoms with Crippen molar-refractivity contribution in [2.45, 2.75) is 13.5 Å². The second kappa shape index (κ2) is 5.98. The first-order valence-corrected chi connectivity index (χ1v) is 7.30. The smallest absolute Gasteiger partial charge is 0.254 e. The summed E-state index contributed by atoms with van der Waals surface area (Å²) in [4.78, 5) is 18.8. The third-order valence-electron chi connectivity index (χ3n) is 3.89. The molecule has 0 aliphatic heterocycles. The number of para-hydroxylation sites is 1. The van der Waals surface area contributed by atoms with E-state index < -0.39 is 0 Å². The number of hydrogen-bond acceptors (Lipinski definition) is 2. The first kappa shape index (κ1) is 14.3. The van der Waals surface area contributed by atoms with Crippen molar-refractivity contribution >= 4 is 16.8 Å².